The molecule has 0 saturated carbocycles. The lowest BCUT2D eigenvalue weighted by molar-refractivity contribution is 0.0488. The second-order valence-corrected chi connectivity index (χ2v) is 8.95. The molecule has 0 aromatic heterocycles. The zero-order valence-electron chi connectivity index (χ0n) is 17.8. The molecule has 164 valence electrons. The van der Waals surface area contributed by atoms with Crippen LogP contribution in [0.4, 0.5) is 5.69 Å². The zero-order valence-corrected chi connectivity index (χ0v) is 20.2. The van der Waals surface area contributed by atoms with Gasteiger partial charge in [0.05, 0.1) is 0 Å². The van der Waals surface area contributed by atoms with Gasteiger partial charge in [-0.05, 0) is 61.9 Å². The molecule has 3 nitrogen and oxygen atoms in total. The fourth-order valence-corrected chi connectivity index (χ4v) is 4.20. The molecule has 2 aliphatic heterocycles. The second kappa shape index (κ2) is 13.2. The van der Waals surface area contributed by atoms with Crippen molar-refractivity contribution in [2.45, 2.75) is 64.3 Å². The number of hydrogen-bond donors (Lipinski definition) is 1. The van der Waals surface area contributed by atoms with E-state index in [0.717, 1.165) is 12.6 Å². The zero-order chi connectivity index (χ0) is 17.7. The van der Waals surface area contributed by atoms with Crippen molar-refractivity contribution in [3.8, 4) is 0 Å². The smallest absolute Gasteiger partial charge is 0.0340 e. The van der Waals surface area contributed by atoms with Crippen LogP contribution in [-0.2, 0) is 5.41 Å². The minimum absolute atomic E-state index is 0. The number of piperazine rings is 1. The number of fused-ring (bicyclic) bond motifs is 1. The summed E-state index contributed by atoms with van der Waals surface area (Å²) in [7, 11) is 0. The van der Waals surface area contributed by atoms with Gasteiger partial charge in [0.15, 0.2) is 0 Å². The highest BCUT2D eigenvalue weighted by Crippen LogP contribution is 2.23. The summed E-state index contributed by atoms with van der Waals surface area (Å²) in [6, 6.07) is 9.81. The van der Waals surface area contributed by atoms with Crippen LogP contribution in [-0.4, -0.2) is 55.1 Å². The molecule has 2 aliphatic rings. The Labute approximate surface area is 191 Å². The predicted octanol–water partition coefficient (Wildman–Crippen LogP) is 5.61. The molecule has 0 spiro atoms. The number of hydrogen-bond acceptors (Lipinski definition) is 3. The average Bonchev–Trinajstić information content (AvgIpc) is 2.61. The molecule has 2 fully saturated rings. The lowest BCUT2D eigenvalue weighted by Crippen LogP contribution is -2.54. The maximum Gasteiger partial charge on any atom is 0.0340 e. The van der Waals surface area contributed by atoms with E-state index in [0.29, 0.717) is 0 Å². The van der Waals surface area contributed by atoms with Gasteiger partial charge in [-0.2, -0.15) is 0 Å². The molecule has 1 unspecified atom stereocenters. The highest BCUT2D eigenvalue weighted by atomic mass is 35.5. The minimum Gasteiger partial charge on any atom is -0.385 e. The van der Waals surface area contributed by atoms with Gasteiger partial charge in [-0.15, -0.1) is 37.2 Å². The molecule has 2 heterocycles. The van der Waals surface area contributed by atoms with Crippen LogP contribution in [0.5, 0.6) is 0 Å². The third kappa shape index (κ3) is 8.28. The number of unbranched alkanes of at least 4 members (excludes halogenated alkanes) is 1. The first-order chi connectivity index (χ1) is 12.0. The molecule has 6 heteroatoms. The highest BCUT2D eigenvalue weighted by molar-refractivity contribution is 5.86. The molecule has 1 N–H and O–H groups in total. The Morgan fingerprint density at radius 3 is 2.32 bits per heavy atom. The van der Waals surface area contributed by atoms with E-state index < -0.39 is 0 Å². The first kappa shape index (κ1) is 27.8. The van der Waals surface area contributed by atoms with Gasteiger partial charge in [-0.3, -0.25) is 4.90 Å². The standard InChI is InChI=1S/C22H37N3.3ClH/c1-22(2,3)19-9-11-20(12-10-19)23-13-5-7-14-24-16-17-25-15-6-4-8-21(25)18-24;;;/h9-12,21,23H,4-8,13-18H2,1-3H3;3*1H. The predicted molar refractivity (Wildman–Crippen MR) is 130 cm³/mol. The van der Waals surface area contributed by atoms with Crippen molar-refractivity contribution in [2.75, 3.05) is 44.6 Å². The van der Waals surface area contributed by atoms with Gasteiger partial charge in [0.1, 0.15) is 0 Å². The fourth-order valence-electron chi connectivity index (χ4n) is 4.20. The van der Waals surface area contributed by atoms with Crippen molar-refractivity contribution in [3.63, 3.8) is 0 Å². The molecule has 0 radical (unpaired) electrons. The van der Waals surface area contributed by atoms with E-state index in [1.54, 1.807) is 0 Å². The molecule has 0 aliphatic carbocycles. The molecule has 2 saturated heterocycles. The van der Waals surface area contributed by atoms with Crippen molar-refractivity contribution < 1.29 is 0 Å². The van der Waals surface area contributed by atoms with E-state index in [2.05, 4.69) is 60.2 Å². The SMILES string of the molecule is CC(C)(C)c1ccc(NCCCCN2CCN3CCCCC3C2)cc1.Cl.Cl.Cl. The van der Waals surface area contributed by atoms with E-state index in [4.69, 9.17) is 0 Å². The fraction of sp³-hybridized carbons (Fsp3) is 0.727. The quantitative estimate of drug-likeness (QED) is 0.566. The summed E-state index contributed by atoms with van der Waals surface area (Å²) in [5.41, 5.74) is 2.89. The maximum absolute atomic E-state index is 3.58. The second-order valence-electron chi connectivity index (χ2n) is 8.95. The molecule has 3 rings (SSSR count). The third-order valence-electron chi connectivity index (χ3n) is 5.90. The van der Waals surface area contributed by atoms with E-state index in [-0.39, 0.29) is 42.6 Å². The summed E-state index contributed by atoms with van der Waals surface area (Å²) in [6.45, 7) is 14.4. The third-order valence-corrected chi connectivity index (χ3v) is 5.90. The van der Waals surface area contributed by atoms with Crippen molar-refractivity contribution >= 4 is 42.9 Å². The van der Waals surface area contributed by atoms with Crippen molar-refractivity contribution in [3.05, 3.63) is 29.8 Å². The van der Waals surface area contributed by atoms with E-state index in [9.17, 15) is 0 Å². The van der Waals surface area contributed by atoms with E-state index in [1.165, 1.54) is 76.1 Å². The molecule has 1 aromatic carbocycles. The molecule has 0 amide bonds. The Bertz CT molecular complexity index is 531. The number of anilines is 1. The summed E-state index contributed by atoms with van der Waals surface area (Å²) in [4.78, 5) is 5.42. The average molecular weight is 453 g/mol. The van der Waals surface area contributed by atoms with Gasteiger partial charge in [-0.25, -0.2) is 0 Å². The Morgan fingerprint density at radius 2 is 1.64 bits per heavy atom. The summed E-state index contributed by atoms with van der Waals surface area (Å²) in [5, 5.41) is 3.58. The number of nitrogens with one attached hydrogen (secondary N) is 1. The van der Waals surface area contributed by atoms with Gasteiger partial charge in [-0.1, -0.05) is 39.3 Å². The van der Waals surface area contributed by atoms with Crippen LogP contribution in [0, 0.1) is 0 Å². The highest BCUT2D eigenvalue weighted by Gasteiger charge is 2.28. The van der Waals surface area contributed by atoms with Crippen molar-refractivity contribution in [2.24, 2.45) is 0 Å². The van der Waals surface area contributed by atoms with Crippen LogP contribution in [0.25, 0.3) is 0 Å². The molecule has 0 bridgehead atoms. The van der Waals surface area contributed by atoms with Gasteiger partial charge in [0.25, 0.3) is 0 Å². The Morgan fingerprint density at radius 1 is 0.929 bits per heavy atom. The van der Waals surface area contributed by atoms with Crippen LogP contribution in [0.15, 0.2) is 24.3 Å². The normalized spacial score (nSPS) is 20.2. The maximum atomic E-state index is 3.58. The first-order valence-corrected chi connectivity index (χ1v) is 10.3. The topological polar surface area (TPSA) is 18.5 Å². The number of halogens is 3. The Balaban J connectivity index is 0.00000243. The number of piperidine rings is 1. The summed E-state index contributed by atoms with van der Waals surface area (Å²) in [5.74, 6) is 0. The summed E-state index contributed by atoms with van der Waals surface area (Å²) in [6.07, 6.45) is 6.83. The lowest BCUT2D eigenvalue weighted by atomic mass is 9.87. The van der Waals surface area contributed by atoms with E-state index in [1.807, 2.05) is 0 Å². The van der Waals surface area contributed by atoms with E-state index >= 15 is 0 Å². The number of nitrogens with zero attached hydrogens (tertiary/aromatic N) is 2. The van der Waals surface area contributed by atoms with Gasteiger partial charge < -0.3 is 10.2 Å². The molecular weight excluding hydrogens is 413 g/mol. The van der Waals surface area contributed by atoms with Crippen molar-refractivity contribution in [1.82, 2.24) is 9.80 Å². The van der Waals surface area contributed by atoms with Crippen molar-refractivity contribution in [1.29, 1.82) is 0 Å². The van der Waals surface area contributed by atoms with Crippen LogP contribution in [0.3, 0.4) is 0 Å². The van der Waals surface area contributed by atoms with Crippen LogP contribution < -0.4 is 5.32 Å². The van der Waals surface area contributed by atoms with Crippen LogP contribution in [0.2, 0.25) is 0 Å². The Kier molecular flexibility index (Phi) is 13.1. The molecule has 1 atom stereocenters. The number of benzene rings is 1. The molecular formula is C22H40Cl3N3. The first-order valence-electron chi connectivity index (χ1n) is 10.3. The molecule has 28 heavy (non-hydrogen) atoms. The van der Waals surface area contributed by atoms with Crippen LogP contribution in [0.1, 0.15) is 58.4 Å². The largest absolute Gasteiger partial charge is 0.385 e. The van der Waals surface area contributed by atoms with Gasteiger partial charge in [0, 0.05) is 37.9 Å². The summed E-state index contributed by atoms with van der Waals surface area (Å²) >= 11 is 0. The minimum atomic E-state index is 0. The van der Waals surface area contributed by atoms with Gasteiger partial charge in [0.2, 0.25) is 0 Å². The number of rotatable bonds is 6. The Hall–Kier alpha value is -0.190. The molecule has 1 aromatic rings. The monoisotopic (exact) mass is 451 g/mol. The lowest BCUT2D eigenvalue weighted by Gasteiger charge is -2.44. The van der Waals surface area contributed by atoms with Gasteiger partial charge >= 0.3 is 0 Å². The summed E-state index contributed by atoms with van der Waals surface area (Å²) < 4.78 is 0. The van der Waals surface area contributed by atoms with Crippen LogP contribution >= 0.6 is 37.2 Å².